The number of rotatable bonds is 38. The zero-order valence-electron chi connectivity index (χ0n) is 31.6. The molecule has 0 spiro atoms. The largest absolute Gasteiger partial charge is 0.462 e. The Bertz CT molecular complexity index is 585. The van der Waals surface area contributed by atoms with E-state index in [0.29, 0.717) is 19.5 Å². The van der Waals surface area contributed by atoms with Gasteiger partial charge >= 0.3 is 5.97 Å². The van der Waals surface area contributed by atoms with E-state index in [0.717, 1.165) is 51.5 Å². The van der Waals surface area contributed by atoms with E-state index in [9.17, 15) is 15.0 Å². The summed E-state index contributed by atoms with van der Waals surface area (Å²) in [5.41, 5.74) is 0. The number of carbonyl (C=O) groups is 1. The first-order valence-corrected chi connectivity index (χ1v) is 20.8. The van der Waals surface area contributed by atoms with E-state index in [1.54, 1.807) is 0 Å². The van der Waals surface area contributed by atoms with Crippen LogP contribution in [0.25, 0.3) is 0 Å². The first-order valence-electron chi connectivity index (χ1n) is 20.8. The minimum atomic E-state index is -0.366. The number of hydrogen-bond donors (Lipinski definition) is 2. The fourth-order valence-electron chi connectivity index (χ4n) is 6.64. The van der Waals surface area contributed by atoms with Gasteiger partial charge in [-0.05, 0) is 51.5 Å². The summed E-state index contributed by atoms with van der Waals surface area (Å²) < 4.78 is 5.99. The Morgan fingerprint density at radius 1 is 0.522 bits per heavy atom. The van der Waals surface area contributed by atoms with E-state index in [1.807, 2.05) is 0 Å². The highest BCUT2D eigenvalue weighted by atomic mass is 16.5. The Labute approximate surface area is 288 Å². The van der Waals surface area contributed by atoms with Crippen molar-refractivity contribution in [1.82, 2.24) is 4.90 Å². The van der Waals surface area contributed by atoms with Crippen LogP contribution in [0.4, 0.5) is 0 Å². The van der Waals surface area contributed by atoms with E-state index in [4.69, 9.17) is 4.74 Å². The maximum Gasteiger partial charge on any atom is 0.306 e. The van der Waals surface area contributed by atoms with Gasteiger partial charge in [-0.2, -0.15) is 0 Å². The first-order chi connectivity index (χ1) is 22.6. The van der Waals surface area contributed by atoms with E-state index in [1.165, 1.54) is 148 Å². The van der Waals surface area contributed by atoms with Gasteiger partial charge in [-0.1, -0.05) is 168 Å². The lowest BCUT2D eigenvalue weighted by Crippen LogP contribution is -2.35. The average molecular weight is 654 g/mol. The Morgan fingerprint density at radius 3 is 1.37 bits per heavy atom. The molecule has 0 saturated carbocycles. The lowest BCUT2D eigenvalue weighted by Gasteiger charge is -2.24. The van der Waals surface area contributed by atoms with Gasteiger partial charge in [-0.25, -0.2) is 0 Å². The molecule has 0 aliphatic rings. The summed E-state index contributed by atoms with van der Waals surface area (Å²) in [5.74, 6) is -0.0287. The molecule has 0 saturated heterocycles. The predicted octanol–water partition coefficient (Wildman–Crippen LogP) is 11.7. The van der Waals surface area contributed by atoms with Crippen LogP contribution in [-0.2, 0) is 9.53 Å². The third kappa shape index (κ3) is 33.3. The fourth-order valence-corrected chi connectivity index (χ4v) is 6.64. The molecule has 5 nitrogen and oxygen atoms in total. The van der Waals surface area contributed by atoms with Crippen molar-refractivity contribution in [2.45, 2.75) is 232 Å². The number of nitrogens with zero attached hydrogens (tertiary/aromatic N) is 1. The first kappa shape index (κ1) is 45.3. The highest BCUT2D eigenvalue weighted by molar-refractivity contribution is 5.69. The van der Waals surface area contributed by atoms with Crippen molar-refractivity contribution in [1.29, 1.82) is 0 Å². The number of hydrogen-bond acceptors (Lipinski definition) is 5. The molecule has 0 aliphatic heterocycles. The van der Waals surface area contributed by atoms with Gasteiger partial charge in [0, 0.05) is 19.5 Å². The molecule has 1 atom stereocenters. The molecule has 0 rings (SSSR count). The van der Waals surface area contributed by atoms with Gasteiger partial charge in [-0.3, -0.25) is 9.69 Å². The maximum atomic E-state index is 12.7. The molecular formula is C41H83NO4. The van der Waals surface area contributed by atoms with Crippen LogP contribution < -0.4 is 0 Å². The molecule has 0 bridgehead atoms. The Balaban J connectivity index is 4.08. The summed E-state index contributed by atoms with van der Waals surface area (Å²) >= 11 is 0. The van der Waals surface area contributed by atoms with Crippen LogP contribution in [0.2, 0.25) is 0 Å². The molecule has 0 heterocycles. The number of esters is 1. The van der Waals surface area contributed by atoms with E-state index >= 15 is 0 Å². The lowest BCUT2D eigenvalue weighted by atomic mass is 10.0. The van der Waals surface area contributed by atoms with Crippen molar-refractivity contribution in [3.05, 3.63) is 0 Å². The van der Waals surface area contributed by atoms with Gasteiger partial charge in [0.25, 0.3) is 0 Å². The van der Waals surface area contributed by atoms with Crippen molar-refractivity contribution < 1.29 is 19.7 Å². The van der Waals surface area contributed by atoms with Crippen LogP contribution in [0.1, 0.15) is 220 Å². The number of aliphatic hydroxyl groups excluding tert-OH is 2. The second-order valence-corrected chi connectivity index (χ2v) is 14.4. The fraction of sp³-hybridized carbons (Fsp3) is 0.976. The van der Waals surface area contributed by atoms with Gasteiger partial charge in [0.05, 0.1) is 12.7 Å². The highest BCUT2D eigenvalue weighted by Crippen LogP contribution is 2.19. The maximum absolute atomic E-state index is 12.7. The van der Waals surface area contributed by atoms with Gasteiger partial charge < -0.3 is 14.9 Å². The average Bonchev–Trinajstić information content (AvgIpc) is 3.04. The van der Waals surface area contributed by atoms with Crippen LogP contribution in [0.5, 0.6) is 0 Å². The summed E-state index contributed by atoms with van der Waals surface area (Å²) in [7, 11) is 0. The number of unbranched alkanes of at least 4 members (excludes halogenated alkanes) is 23. The molecule has 0 aliphatic carbocycles. The topological polar surface area (TPSA) is 70.0 Å². The lowest BCUT2D eigenvalue weighted by molar-refractivity contribution is -0.150. The van der Waals surface area contributed by atoms with Gasteiger partial charge in [0.2, 0.25) is 0 Å². The third-order valence-corrected chi connectivity index (χ3v) is 9.69. The quantitative estimate of drug-likeness (QED) is 0.0512. The SMILES string of the molecule is CCCCCCCCCCCCCCN(CCO)CC(O)CCCCCC(=O)OC(CCCCCCCC)CCCCCCCC. The zero-order valence-corrected chi connectivity index (χ0v) is 31.6. The standard InChI is InChI=1S/C41H83NO4/c1-4-7-10-13-16-17-18-19-20-21-24-30-35-42(36-37-43)38-39(44)31-26-25-29-34-41(45)46-40(32-27-22-14-11-8-5-2)33-28-23-15-12-9-6-3/h39-40,43-44H,4-38H2,1-3H3. The molecule has 0 aromatic heterocycles. The molecule has 0 radical (unpaired) electrons. The number of aliphatic hydroxyl groups is 2. The molecule has 0 amide bonds. The van der Waals surface area contributed by atoms with Crippen molar-refractivity contribution in [3.8, 4) is 0 Å². The summed E-state index contributed by atoms with van der Waals surface area (Å²) in [4.78, 5) is 14.9. The Hall–Kier alpha value is -0.650. The third-order valence-electron chi connectivity index (χ3n) is 9.69. The molecule has 5 heteroatoms. The van der Waals surface area contributed by atoms with Crippen molar-refractivity contribution in [3.63, 3.8) is 0 Å². The second-order valence-electron chi connectivity index (χ2n) is 14.4. The summed E-state index contributed by atoms with van der Waals surface area (Å²) in [6, 6.07) is 0. The van der Waals surface area contributed by atoms with E-state index in [2.05, 4.69) is 25.7 Å². The zero-order chi connectivity index (χ0) is 33.8. The van der Waals surface area contributed by atoms with Crippen molar-refractivity contribution >= 4 is 5.97 Å². The van der Waals surface area contributed by atoms with Crippen LogP contribution in [0.15, 0.2) is 0 Å². The predicted molar refractivity (Wildman–Crippen MR) is 200 cm³/mol. The highest BCUT2D eigenvalue weighted by Gasteiger charge is 2.15. The van der Waals surface area contributed by atoms with Gasteiger partial charge in [0.1, 0.15) is 6.10 Å². The van der Waals surface area contributed by atoms with Crippen LogP contribution in [0, 0.1) is 0 Å². The van der Waals surface area contributed by atoms with Gasteiger partial charge in [0.15, 0.2) is 0 Å². The number of carbonyl (C=O) groups excluding carboxylic acids is 1. The smallest absolute Gasteiger partial charge is 0.306 e. The van der Waals surface area contributed by atoms with E-state index in [-0.39, 0.29) is 24.8 Å². The Kier molecular flexibility index (Phi) is 36.6. The van der Waals surface area contributed by atoms with Gasteiger partial charge in [-0.15, -0.1) is 0 Å². The summed E-state index contributed by atoms with van der Waals surface area (Å²) in [5, 5.41) is 20.2. The normalized spacial score (nSPS) is 12.4. The minimum Gasteiger partial charge on any atom is -0.462 e. The molecule has 1 unspecified atom stereocenters. The molecular weight excluding hydrogens is 570 g/mol. The van der Waals surface area contributed by atoms with Crippen molar-refractivity contribution in [2.24, 2.45) is 0 Å². The molecule has 0 fully saturated rings. The van der Waals surface area contributed by atoms with E-state index < -0.39 is 0 Å². The molecule has 276 valence electrons. The number of ether oxygens (including phenoxy) is 1. The second kappa shape index (κ2) is 37.2. The molecule has 2 N–H and O–H groups in total. The summed E-state index contributed by atoms with van der Waals surface area (Å²) in [6.07, 6.45) is 37.1. The van der Waals surface area contributed by atoms with Crippen LogP contribution in [-0.4, -0.2) is 59.5 Å². The summed E-state index contributed by atoms with van der Waals surface area (Å²) in [6.45, 7) is 9.17. The van der Waals surface area contributed by atoms with Crippen LogP contribution >= 0.6 is 0 Å². The molecule has 46 heavy (non-hydrogen) atoms. The minimum absolute atomic E-state index is 0.0287. The monoisotopic (exact) mass is 654 g/mol. The Morgan fingerprint density at radius 2 is 0.913 bits per heavy atom. The molecule has 0 aromatic rings. The molecule has 0 aromatic carbocycles. The van der Waals surface area contributed by atoms with Crippen LogP contribution in [0.3, 0.4) is 0 Å². The van der Waals surface area contributed by atoms with Crippen molar-refractivity contribution in [2.75, 3.05) is 26.2 Å².